The molecule has 1 amide bonds. The molecule has 0 unspecified atom stereocenters. The number of benzene rings is 1. The van der Waals surface area contributed by atoms with E-state index in [9.17, 15) is 4.79 Å². The summed E-state index contributed by atoms with van der Waals surface area (Å²) in [7, 11) is 0. The van der Waals surface area contributed by atoms with Gasteiger partial charge in [0, 0.05) is 13.0 Å². The second-order valence-corrected chi connectivity index (χ2v) is 5.64. The number of nitrogens with zero attached hydrogens (tertiary/aromatic N) is 3. The quantitative estimate of drug-likeness (QED) is 0.655. The van der Waals surface area contributed by atoms with Crippen LogP contribution in [0.5, 0.6) is 0 Å². The summed E-state index contributed by atoms with van der Waals surface area (Å²) in [6.07, 6.45) is 7.97. The third kappa shape index (κ3) is 6.61. The van der Waals surface area contributed by atoms with Crippen LogP contribution in [0.3, 0.4) is 0 Å². The molecule has 0 fully saturated rings. The lowest BCUT2D eigenvalue weighted by Gasteiger charge is -2.07. The molecule has 0 bridgehead atoms. The van der Waals surface area contributed by atoms with Crippen molar-refractivity contribution < 1.29 is 4.79 Å². The SMILES string of the molecule is NCCCCCCC(=O)NCc1ccc(Cn2cncn2)cc1. The topological polar surface area (TPSA) is 85.8 Å². The highest BCUT2D eigenvalue weighted by Gasteiger charge is 2.02. The first-order valence-electron chi connectivity index (χ1n) is 8.15. The van der Waals surface area contributed by atoms with E-state index in [0.717, 1.165) is 43.4 Å². The van der Waals surface area contributed by atoms with Gasteiger partial charge in [-0.2, -0.15) is 5.10 Å². The molecule has 0 spiro atoms. The van der Waals surface area contributed by atoms with Crippen molar-refractivity contribution in [1.29, 1.82) is 0 Å². The molecule has 2 rings (SSSR count). The van der Waals surface area contributed by atoms with E-state index in [-0.39, 0.29) is 5.91 Å². The molecule has 0 aliphatic carbocycles. The summed E-state index contributed by atoms with van der Waals surface area (Å²) < 4.78 is 1.78. The normalized spacial score (nSPS) is 10.7. The minimum atomic E-state index is 0.115. The Kier molecular flexibility index (Phi) is 7.26. The van der Waals surface area contributed by atoms with Crippen molar-refractivity contribution in [1.82, 2.24) is 20.1 Å². The van der Waals surface area contributed by atoms with Gasteiger partial charge in [-0.15, -0.1) is 0 Å². The monoisotopic (exact) mass is 315 g/mol. The molecule has 124 valence electrons. The first kappa shape index (κ1) is 17.1. The third-order valence-corrected chi connectivity index (χ3v) is 3.68. The maximum atomic E-state index is 11.8. The van der Waals surface area contributed by atoms with Crippen LogP contribution in [-0.4, -0.2) is 27.2 Å². The Balaban J connectivity index is 1.66. The molecule has 2 aromatic rings. The largest absolute Gasteiger partial charge is 0.352 e. The van der Waals surface area contributed by atoms with Gasteiger partial charge < -0.3 is 11.1 Å². The van der Waals surface area contributed by atoms with Crippen LogP contribution in [0.2, 0.25) is 0 Å². The van der Waals surface area contributed by atoms with Gasteiger partial charge in [0.1, 0.15) is 12.7 Å². The minimum absolute atomic E-state index is 0.115. The molecule has 1 aromatic heterocycles. The lowest BCUT2D eigenvalue weighted by atomic mass is 10.1. The number of rotatable bonds is 10. The Hall–Kier alpha value is -2.21. The molecule has 23 heavy (non-hydrogen) atoms. The average molecular weight is 315 g/mol. The fraction of sp³-hybridized carbons (Fsp3) is 0.471. The van der Waals surface area contributed by atoms with E-state index in [1.807, 2.05) is 12.1 Å². The summed E-state index contributed by atoms with van der Waals surface area (Å²) >= 11 is 0. The molecule has 3 N–H and O–H groups in total. The summed E-state index contributed by atoms with van der Waals surface area (Å²) in [5.41, 5.74) is 7.70. The van der Waals surface area contributed by atoms with Crippen molar-refractivity contribution in [3.8, 4) is 0 Å². The summed E-state index contributed by atoms with van der Waals surface area (Å²) in [5.74, 6) is 0.115. The fourth-order valence-electron chi connectivity index (χ4n) is 2.34. The van der Waals surface area contributed by atoms with Gasteiger partial charge in [-0.1, -0.05) is 37.1 Å². The first-order valence-corrected chi connectivity index (χ1v) is 8.15. The Bertz CT molecular complexity index is 565. The number of carbonyl (C=O) groups excluding carboxylic acids is 1. The van der Waals surface area contributed by atoms with E-state index < -0.39 is 0 Å². The van der Waals surface area contributed by atoms with Gasteiger partial charge in [0.2, 0.25) is 5.91 Å². The molecule has 0 saturated carbocycles. The van der Waals surface area contributed by atoms with Gasteiger partial charge >= 0.3 is 0 Å². The van der Waals surface area contributed by atoms with Gasteiger partial charge in [0.05, 0.1) is 6.54 Å². The van der Waals surface area contributed by atoms with E-state index in [0.29, 0.717) is 19.5 Å². The van der Waals surface area contributed by atoms with Crippen LogP contribution >= 0.6 is 0 Å². The second-order valence-electron chi connectivity index (χ2n) is 5.64. The highest BCUT2D eigenvalue weighted by molar-refractivity contribution is 5.75. The molecule has 0 aliphatic heterocycles. The fourth-order valence-corrected chi connectivity index (χ4v) is 2.34. The summed E-state index contributed by atoms with van der Waals surface area (Å²) in [4.78, 5) is 15.7. The van der Waals surface area contributed by atoms with Crippen LogP contribution in [0.4, 0.5) is 0 Å². The molecular formula is C17H25N5O. The number of hydrogen-bond acceptors (Lipinski definition) is 4. The number of nitrogens with two attached hydrogens (primary N) is 1. The van der Waals surface area contributed by atoms with Gasteiger partial charge in [0.25, 0.3) is 0 Å². The van der Waals surface area contributed by atoms with E-state index in [2.05, 4.69) is 27.5 Å². The minimum Gasteiger partial charge on any atom is -0.352 e. The van der Waals surface area contributed by atoms with Crippen molar-refractivity contribution >= 4 is 5.91 Å². The summed E-state index contributed by atoms with van der Waals surface area (Å²) in [6, 6.07) is 8.17. The number of unbranched alkanes of at least 4 members (excludes halogenated alkanes) is 3. The van der Waals surface area contributed by atoms with Gasteiger partial charge in [-0.05, 0) is 30.5 Å². The van der Waals surface area contributed by atoms with Gasteiger partial charge in [-0.3, -0.25) is 4.79 Å². The number of nitrogens with one attached hydrogen (secondary N) is 1. The zero-order chi connectivity index (χ0) is 16.3. The van der Waals surface area contributed by atoms with E-state index in [1.54, 1.807) is 11.0 Å². The smallest absolute Gasteiger partial charge is 0.220 e. The lowest BCUT2D eigenvalue weighted by molar-refractivity contribution is -0.121. The lowest BCUT2D eigenvalue weighted by Crippen LogP contribution is -2.22. The first-order chi connectivity index (χ1) is 11.3. The van der Waals surface area contributed by atoms with Crippen molar-refractivity contribution in [2.45, 2.75) is 45.2 Å². The maximum absolute atomic E-state index is 11.8. The van der Waals surface area contributed by atoms with E-state index in [1.165, 1.54) is 6.33 Å². The van der Waals surface area contributed by atoms with Crippen LogP contribution in [-0.2, 0) is 17.9 Å². The highest BCUT2D eigenvalue weighted by Crippen LogP contribution is 2.06. The van der Waals surface area contributed by atoms with Crippen molar-refractivity contribution in [3.05, 3.63) is 48.0 Å². The number of amides is 1. The van der Waals surface area contributed by atoms with Crippen LogP contribution < -0.4 is 11.1 Å². The Morgan fingerprint density at radius 2 is 1.83 bits per heavy atom. The molecule has 6 nitrogen and oxygen atoms in total. The highest BCUT2D eigenvalue weighted by atomic mass is 16.1. The third-order valence-electron chi connectivity index (χ3n) is 3.68. The van der Waals surface area contributed by atoms with Crippen LogP contribution in [0.15, 0.2) is 36.9 Å². The van der Waals surface area contributed by atoms with E-state index in [4.69, 9.17) is 5.73 Å². The predicted octanol–water partition coefficient (Wildman–Crippen LogP) is 1.85. The number of aromatic nitrogens is 3. The Morgan fingerprint density at radius 3 is 2.52 bits per heavy atom. The predicted molar refractivity (Wildman–Crippen MR) is 89.6 cm³/mol. The van der Waals surface area contributed by atoms with Crippen LogP contribution in [0, 0.1) is 0 Å². The van der Waals surface area contributed by atoms with Crippen LogP contribution in [0.25, 0.3) is 0 Å². The van der Waals surface area contributed by atoms with Crippen molar-refractivity contribution in [3.63, 3.8) is 0 Å². The molecule has 0 atom stereocenters. The second kappa shape index (κ2) is 9.74. The van der Waals surface area contributed by atoms with Crippen LogP contribution in [0.1, 0.15) is 43.2 Å². The van der Waals surface area contributed by atoms with E-state index >= 15 is 0 Å². The molecule has 0 saturated heterocycles. The summed E-state index contributed by atoms with van der Waals surface area (Å²) in [6.45, 7) is 2.01. The zero-order valence-corrected chi connectivity index (χ0v) is 13.4. The van der Waals surface area contributed by atoms with Gasteiger partial charge in [0.15, 0.2) is 0 Å². The standard InChI is InChI=1S/C17H25N5O/c18-10-4-2-1-3-5-17(23)20-11-15-6-8-16(9-7-15)12-22-14-19-13-21-22/h6-9,13-14H,1-5,10-12,18H2,(H,20,23). The van der Waals surface area contributed by atoms with Gasteiger partial charge in [-0.25, -0.2) is 9.67 Å². The molecule has 1 heterocycles. The molecule has 0 aliphatic rings. The Labute approximate surface area is 137 Å². The van der Waals surface area contributed by atoms with Crippen molar-refractivity contribution in [2.24, 2.45) is 5.73 Å². The summed E-state index contributed by atoms with van der Waals surface area (Å²) in [5, 5.41) is 7.05. The maximum Gasteiger partial charge on any atom is 0.220 e. The molecule has 1 aromatic carbocycles. The number of carbonyl (C=O) groups is 1. The molecule has 6 heteroatoms. The molecule has 0 radical (unpaired) electrons. The zero-order valence-electron chi connectivity index (χ0n) is 13.4. The molecular weight excluding hydrogens is 290 g/mol. The average Bonchev–Trinajstić information content (AvgIpc) is 3.07. The Morgan fingerprint density at radius 1 is 1.09 bits per heavy atom. The number of hydrogen-bond donors (Lipinski definition) is 2. The van der Waals surface area contributed by atoms with Crippen molar-refractivity contribution in [2.75, 3.05) is 6.54 Å².